The Morgan fingerprint density at radius 2 is 1.76 bits per heavy atom. The average molecular weight is 563 g/mol. The molecule has 4 aromatic carbocycles. The fourth-order valence-electron chi connectivity index (χ4n) is 5.86. The highest BCUT2D eigenvalue weighted by Crippen LogP contribution is 2.39. The number of hydrogen-bond acceptors (Lipinski definition) is 7. The van der Waals surface area contributed by atoms with E-state index in [1.54, 1.807) is 11.8 Å². The van der Waals surface area contributed by atoms with E-state index in [4.69, 9.17) is 14.2 Å². The maximum Gasteiger partial charge on any atom is 0.306 e. The molecule has 42 heavy (non-hydrogen) atoms. The second-order valence-corrected chi connectivity index (χ2v) is 10.4. The summed E-state index contributed by atoms with van der Waals surface area (Å²) in [6, 6.07) is 28.5. The summed E-state index contributed by atoms with van der Waals surface area (Å²) in [5.41, 5.74) is 7.33. The lowest BCUT2D eigenvalue weighted by molar-refractivity contribution is -0.143. The smallest absolute Gasteiger partial charge is 0.306 e. The van der Waals surface area contributed by atoms with Crippen molar-refractivity contribution in [2.75, 3.05) is 25.2 Å². The predicted octanol–water partition coefficient (Wildman–Crippen LogP) is 6.42. The number of benzene rings is 4. The van der Waals surface area contributed by atoms with Crippen molar-refractivity contribution in [2.45, 2.75) is 32.2 Å². The number of esters is 1. The van der Waals surface area contributed by atoms with Crippen molar-refractivity contribution in [3.8, 4) is 17.2 Å². The third-order valence-electron chi connectivity index (χ3n) is 7.84. The van der Waals surface area contributed by atoms with Crippen molar-refractivity contribution >= 4 is 22.7 Å². The van der Waals surface area contributed by atoms with E-state index in [0.717, 1.165) is 58.9 Å². The number of carbonyl (C=O) groups excluding carboxylic acids is 1. The van der Waals surface area contributed by atoms with E-state index in [0.29, 0.717) is 12.4 Å². The number of nitrogens with zero attached hydrogens (tertiary/aromatic N) is 4. The molecule has 1 aliphatic rings. The van der Waals surface area contributed by atoms with E-state index in [9.17, 15) is 4.79 Å². The van der Waals surface area contributed by atoms with E-state index in [-0.39, 0.29) is 18.3 Å². The van der Waals surface area contributed by atoms with Crippen LogP contribution in [0.3, 0.4) is 0 Å². The molecule has 0 bridgehead atoms. The van der Waals surface area contributed by atoms with Gasteiger partial charge in [0.1, 0.15) is 28.3 Å². The lowest BCUT2D eigenvalue weighted by atomic mass is 9.82. The molecule has 0 saturated carbocycles. The lowest BCUT2D eigenvalue weighted by Crippen LogP contribution is -2.31. The van der Waals surface area contributed by atoms with Crippen molar-refractivity contribution in [1.82, 2.24) is 15.0 Å². The molecule has 0 amide bonds. The minimum Gasteiger partial charge on any atom is -0.494 e. The third-order valence-corrected chi connectivity index (χ3v) is 7.84. The number of anilines is 1. The minimum absolute atomic E-state index is 0.208. The highest BCUT2D eigenvalue weighted by Gasteiger charge is 2.27. The van der Waals surface area contributed by atoms with Crippen LogP contribution >= 0.6 is 0 Å². The summed E-state index contributed by atoms with van der Waals surface area (Å²) in [5.74, 6) is 1.87. The molecule has 1 atom stereocenters. The Hall–Kier alpha value is -4.85. The first-order valence-electron chi connectivity index (χ1n) is 14.3. The summed E-state index contributed by atoms with van der Waals surface area (Å²) in [6.45, 7) is 3.82. The van der Waals surface area contributed by atoms with E-state index >= 15 is 0 Å². The van der Waals surface area contributed by atoms with Crippen LogP contribution in [0.15, 0.2) is 84.9 Å². The summed E-state index contributed by atoms with van der Waals surface area (Å²) in [5, 5.41) is 8.52. The number of fused-ring (bicyclic) bond motifs is 2. The van der Waals surface area contributed by atoms with Crippen LogP contribution < -0.4 is 14.4 Å². The average Bonchev–Trinajstić information content (AvgIpc) is 3.40. The molecule has 0 saturated heterocycles. The molecule has 0 spiro atoms. The van der Waals surface area contributed by atoms with Gasteiger partial charge in [0.25, 0.3) is 0 Å². The van der Waals surface area contributed by atoms with E-state index in [1.165, 1.54) is 11.1 Å². The molecular formula is C34H34N4O4. The van der Waals surface area contributed by atoms with Gasteiger partial charge in [0.05, 0.1) is 20.1 Å². The first kappa shape index (κ1) is 27.3. The van der Waals surface area contributed by atoms with Crippen molar-refractivity contribution in [3.63, 3.8) is 0 Å². The van der Waals surface area contributed by atoms with Gasteiger partial charge >= 0.3 is 5.97 Å². The molecule has 0 N–H and O–H groups in total. The Bertz CT molecular complexity index is 1700. The predicted molar refractivity (Wildman–Crippen MR) is 162 cm³/mol. The number of hydrogen-bond donors (Lipinski definition) is 0. The van der Waals surface area contributed by atoms with Crippen LogP contribution in [0.4, 0.5) is 5.69 Å². The van der Waals surface area contributed by atoms with Crippen LogP contribution in [0.5, 0.6) is 17.2 Å². The SMILES string of the molecule is CCOC(=O)CC(c1cc(OC)c2c(c1)nnn2C)c1cccc2c1CCN(c1ccc(Oc3ccccc3)cc1)C2. The molecule has 1 aromatic heterocycles. The first-order chi connectivity index (χ1) is 20.5. The molecule has 5 aromatic rings. The number of rotatable bonds is 9. The largest absolute Gasteiger partial charge is 0.494 e. The van der Waals surface area contributed by atoms with Gasteiger partial charge in [0.15, 0.2) is 0 Å². The van der Waals surface area contributed by atoms with Gasteiger partial charge in [-0.3, -0.25) is 4.79 Å². The van der Waals surface area contributed by atoms with Crippen molar-refractivity contribution in [3.05, 3.63) is 107 Å². The topological polar surface area (TPSA) is 78.7 Å². The highest BCUT2D eigenvalue weighted by atomic mass is 16.5. The molecule has 8 nitrogen and oxygen atoms in total. The molecule has 0 radical (unpaired) electrons. The van der Waals surface area contributed by atoms with Crippen LogP contribution in [-0.2, 0) is 29.5 Å². The fourth-order valence-corrected chi connectivity index (χ4v) is 5.86. The number of ether oxygens (including phenoxy) is 3. The summed E-state index contributed by atoms with van der Waals surface area (Å²) >= 11 is 0. The highest BCUT2D eigenvalue weighted by molar-refractivity contribution is 5.83. The molecule has 0 aliphatic carbocycles. The summed E-state index contributed by atoms with van der Waals surface area (Å²) < 4.78 is 18.8. The second-order valence-electron chi connectivity index (χ2n) is 10.4. The van der Waals surface area contributed by atoms with Gasteiger partial charge in [-0.1, -0.05) is 41.6 Å². The second kappa shape index (κ2) is 11.9. The Morgan fingerprint density at radius 1 is 0.976 bits per heavy atom. The standard InChI is InChI=1S/C34H34N4O4/c1-4-41-33(39)21-30(24-19-31-34(32(20-24)40-3)37(2)36-35-31)29-12-8-9-23-22-38(18-17-28(23)29)25-13-15-27(16-14-25)42-26-10-6-5-7-11-26/h5-16,19-20,30H,4,17-18,21-22H2,1-3H3. The molecule has 0 fully saturated rings. The lowest BCUT2D eigenvalue weighted by Gasteiger charge is -2.33. The Morgan fingerprint density at radius 3 is 2.52 bits per heavy atom. The number of carbonyl (C=O) groups is 1. The summed E-state index contributed by atoms with van der Waals surface area (Å²) in [6.07, 6.45) is 1.09. The summed E-state index contributed by atoms with van der Waals surface area (Å²) in [7, 11) is 3.49. The van der Waals surface area contributed by atoms with Crippen molar-refractivity contribution in [2.24, 2.45) is 7.05 Å². The minimum atomic E-state index is -0.228. The third kappa shape index (κ3) is 5.52. The van der Waals surface area contributed by atoms with Gasteiger partial charge < -0.3 is 19.1 Å². The molecule has 6 rings (SSSR count). The van der Waals surface area contributed by atoms with Crippen molar-refractivity contribution in [1.29, 1.82) is 0 Å². The van der Waals surface area contributed by atoms with Crippen LogP contribution in [0.25, 0.3) is 11.0 Å². The van der Waals surface area contributed by atoms with Gasteiger partial charge in [-0.15, -0.1) is 5.10 Å². The number of aromatic nitrogens is 3. The van der Waals surface area contributed by atoms with Gasteiger partial charge in [0.2, 0.25) is 0 Å². The molecular weight excluding hydrogens is 528 g/mol. The molecule has 1 unspecified atom stereocenters. The van der Waals surface area contributed by atoms with Crippen LogP contribution in [0, 0.1) is 0 Å². The Kier molecular flexibility index (Phi) is 7.77. The maximum absolute atomic E-state index is 12.9. The van der Waals surface area contributed by atoms with Crippen LogP contribution in [0.1, 0.15) is 41.5 Å². The van der Waals surface area contributed by atoms with E-state index < -0.39 is 0 Å². The number of aryl methyl sites for hydroxylation is 1. The van der Waals surface area contributed by atoms with Crippen molar-refractivity contribution < 1.29 is 19.0 Å². The fraction of sp³-hybridized carbons (Fsp3) is 0.265. The molecule has 2 heterocycles. The molecule has 8 heteroatoms. The van der Waals surface area contributed by atoms with Gasteiger partial charge in [-0.2, -0.15) is 0 Å². The Labute approximate surface area is 245 Å². The van der Waals surface area contributed by atoms with Gasteiger partial charge in [-0.25, -0.2) is 4.68 Å². The zero-order valence-electron chi connectivity index (χ0n) is 24.1. The zero-order chi connectivity index (χ0) is 29.1. The van der Waals surface area contributed by atoms with E-state index in [1.807, 2.05) is 68.6 Å². The molecule has 1 aliphatic heterocycles. The quantitative estimate of drug-likeness (QED) is 0.192. The maximum atomic E-state index is 12.9. The van der Waals surface area contributed by atoms with E-state index in [2.05, 4.69) is 45.5 Å². The van der Waals surface area contributed by atoms with Gasteiger partial charge in [0, 0.05) is 31.7 Å². The monoisotopic (exact) mass is 562 g/mol. The zero-order valence-corrected chi connectivity index (χ0v) is 24.1. The molecule has 214 valence electrons. The number of methoxy groups -OCH3 is 1. The summed E-state index contributed by atoms with van der Waals surface area (Å²) in [4.78, 5) is 15.2. The Balaban J connectivity index is 1.30. The van der Waals surface area contributed by atoms with Crippen LogP contribution in [0.2, 0.25) is 0 Å². The number of para-hydroxylation sites is 1. The van der Waals surface area contributed by atoms with Gasteiger partial charge in [-0.05, 0) is 84.1 Å². The van der Waals surface area contributed by atoms with Crippen LogP contribution in [-0.4, -0.2) is 41.2 Å². The first-order valence-corrected chi connectivity index (χ1v) is 14.3. The normalized spacial score (nSPS) is 13.5.